The quantitative estimate of drug-likeness (QED) is 0.783. The third-order valence-corrected chi connectivity index (χ3v) is 3.58. The van der Waals surface area contributed by atoms with E-state index in [1.165, 1.54) is 0 Å². The van der Waals surface area contributed by atoms with Crippen LogP contribution in [-0.2, 0) is 4.79 Å². The number of amides is 1. The molecule has 2 rings (SSSR count). The lowest BCUT2D eigenvalue weighted by molar-refractivity contribution is -0.140. The number of aromatic nitrogens is 1. The van der Waals surface area contributed by atoms with Gasteiger partial charge in [-0.3, -0.25) is 4.79 Å². The summed E-state index contributed by atoms with van der Waals surface area (Å²) < 4.78 is 0. The summed E-state index contributed by atoms with van der Waals surface area (Å²) >= 11 is 0. The number of H-pyrrole nitrogens is 1. The van der Waals surface area contributed by atoms with E-state index in [0.717, 1.165) is 10.9 Å². The van der Waals surface area contributed by atoms with Crippen LogP contribution < -0.4 is 5.32 Å². The standard InChI is InChI=1S/C15H18N2O3/c1-3-9(2)13(15(19)20)17-14(18)11-5-4-10-6-7-16-12(10)8-11/h4-9,13,16H,3H2,1-2H3,(H,17,18)(H,19,20). The molecule has 3 N–H and O–H groups in total. The second-order valence-corrected chi connectivity index (χ2v) is 4.95. The average Bonchev–Trinajstić information content (AvgIpc) is 2.90. The SMILES string of the molecule is CCC(C)C(NC(=O)c1ccc2cc[nH]c2c1)C(=O)O. The molecule has 0 aliphatic carbocycles. The molecule has 0 bridgehead atoms. The van der Waals surface area contributed by atoms with E-state index >= 15 is 0 Å². The number of aliphatic carboxylic acids is 1. The van der Waals surface area contributed by atoms with E-state index in [-0.39, 0.29) is 11.8 Å². The first-order valence-corrected chi connectivity index (χ1v) is 6.63. The van der Waals surface area contributed by atoms with Gasteiger partial charge in [0, 0.05) is 17.3 Å². The number of benzene rings is 1. The molecule has 0 aliphatic heterocycles. The van der Waals surface area contributed by atoms with Crippen LogP contribution in [0.4, 0.5) is 0 Å². The first-order chi connectivity index (χ1) is 9.52. The molecule has 106 valence electrons. The van der Waals surface area contributed by atoms with Crippen molar-refractivity contribution in [2.24, 2.45) is 5.92 Å². The van der Waals surface area contributed by atoms with Gasteiger partial charge in [0.25, 0.3) is 5.91 Å². The number of fused-ring (bicyclic) bond motifs is 1. The van der Waals surface area contributed by atoms with E-state index in [4.69, 9.17) is 0 Å². The highest BCUT2D eigenvalue weighted by molar-refractivity contribution is 5.99. The summed E-state index contributed by atoms with van der Waals surface area (Å²) in [7, 11) is 0. The maximum absolute atomic E-state index is 12.2. The van der Waals surface area contributed by atoms with Crippen molar-refractivity contribution in [1.29, 1.82) is 0 Å². The number of carbonyl (C=O) groups excluding carboxylic acids is 1. The summed E-state index contributed by atoms with van der Waals surface area (Å²) in [5.74, 6) is -1.49. The van der Waals surface area contributed by atoms with Crippen LogP contribution >= 0.6 is 0 Å². The molecule has 0 aliphatic rings. The normalized spacial score (nSPS) is 13.9. The number of aromatic amines is 1. The molecule has 0 radical (unpaired) electrons. The molecule has 1 amide bonds. The second kappa shape index (κ2) is 5.77. The van der Waals surface area contributed by atoms with Crippen LogP contribution in [0.2, 0.25) is 0 Å². The summed E-state index contributed by atoms with van der Waals surface area (Å²) in [6, 6.07) is 6.30. The lowest BCUT2D eigenvalue weighted by Gasteiger charge is -2.20. The predicted octanol–water partition coefficient (Wildman–Crippen LogP) is 2.40. The summed E-state index contributed by atoms with van der Waals surface area (Å²) in [5, 5.41) is 12.8. The Kier molecular flexibility index (Phi) is 4.08. The van der Waals surface area contributed by atoms with Crippen LogP contribution in [-0.4, -0.2) is 28.0 Å². The lowest BCUT2D eigenvalue weighted by atomic mass is 9.99. The fourth-order valence-corrected chi connectivity index (χ4v) is 2.10. The van der Waals surface area contributed by atoms with Gasteiger partial charge in [-0.25, -0.2) is 4.79 Å². The monoisotopic (exact) mass is 274 g/mol. The Balaban J connectivity index is 2.19. The number of hydrogen-bond acceptors (Lipinski definition) is 2. The molecule has 0 fully saturated rings. The van der Waals surface area contributed by atoms with Gasteiger partial charge in [-0.15, -0.1) is 0 Å². The lowest BCUT2D eigenvalue weighted by Crippen LogP contribution is -2.45. The van der Waals surface area contributed by atoms with Crippen molar-refractivity contribution in [3.8, 4) is 0 Å². The van der Waals surface area contributed by atoms with Gasteiger partial charge in [-0.2, -0.15) is 0 Å². The van der Waals surface area contributed by atoms with Crippen LogP contribution in [0, 0.1) is 5.92 Å². The highest BCUT2D eigenvalue weighted by Gasteiger charge is 2.25. The molecule has 0 saturated heterocycles. The largest absolute Gasteiger partial charge is 0.480 e. The molecule has 1 aromatic heterocycles. The van der Waals surface area contributed by atoms with Crippen molar-refractivity contribution in [3.63, 3.8) is 0 Å². The number of nitrogens with one attached hydrogen (secondary N) is 2. The van der Waals surface area contributed by atoms with Gasteiger partial charge in [0.15, 0.2) is 0 Å². The highest BCUT2D eigenvalue weighted by atomic mass is 16.4. The second-order valence-electron chi connectivity index (χ2n) is 4.95. The van der Waals surface area contributed by atoms with Crippen LogP contribution in [0.3, 0.4) is 0 Å². The number of carbonyl (C=O) groups is 2. The molecule has 20 heavy (non-hydrogen) atoms. The van der Waals surface area contributed by atoms with Gasteiger partial charge in [0.05, 0.1) is 0 Å². The van der Waals surface area contributed by atoms with Crippen molar-refractivity contribution in [3.05, 3.63) is 36.0 Å². The minimum Gasteiger partial charge on any atom is -0.480 e. The molecular formula is C15H18N2O3. The topological polar surface area (TPSA) is 82.2 Å². The van der Waals surface area contributed by atoms with Gasteiger partial charge in [0.2, 0.25) is 0 Å². The summed E-state index contributed by atoms with van der Waals surface area (Å²) in [5.41, 5.74) is 1.31. The zero-order valence-electron chi connectivity index (χ0n) is 11.5. The van der Waals surface area contributed by atoms with Crippen molar-refractivity contribution in [2.45, 2.75) is 26.3 Å². The van der Waals surface area contributed by atoms with Crippen LogP contribution in [0.1, 0.15) is 30.6 Å². The van der Waals surface area contributed by atoms with E-state index in [9.17, 15) is 14.7 Å². The van der Waals surface area contributed by atoms with E-state index in [1.807, 2.05) is 26.0 Å². The smallest absolute Gasteiger partial charge is 0.326 e. The van der Waals surface area contributed by atoms with Gasteiger partial charge in [-0.1, -0.05) is 26.3 Å². The Morgan fingerprint density at radius 2 is 2.10 bits per heavy atom. The van der Waals surface area contributed by atoms with Crippen LogP contribution in [0.15, 0.2) is 30.5 Å². The third-order valence-electron chi connectivity index (χ3n) is 3.58. The molecule has 5 nitrogen and oxygen atoms in total. The Hall–Kier alpha value is -2.30. The predicted molar refractivity (Wildman–Crippen MR) is 76.6 cm³/mol. The average molecular weight is 274 g/mol. The zero-order valence-corrected chi connectivity index (χ0v) is 11.5. The fourth-order valence-electron chi connectivity index (χ4n) is 2.10. The van der Waals surface area contributed by atoms with Gasteiger partial charge in [0.1, 0.15) is 6.04 Å². The van der Waals surface area contributed by atoms with E-state index in [1.54, 1.807) is 18.3 Å². The minimum atomic E-state index is -1.01. The summed E-state index contributed by atoms with van der Waals surface area (Å²) in [6.45, 7) is 3.71. The molecule has 0 spiro atoms. The van der Waals surface area contributed by atoms with E-state index < -0.39 is 12.0 Å². The Bertz CT molecular complexity index is 633. The van der Waals surface area contributed by atoms with Crippen molar-refractivity contribution < 1.29 is 14.7 Å². The zero-order chi connectivity index (χ0) is 14.7. The molecule has 1 heterocycles. The van der Waals surface area contributed by atoms with Crippen molar-refractivity contribution >= 4 is 22.8 Å². The van der Waals surface area contributed by atoms with Crippen molar-refractivity contribution in [1.82, 2.24) is 10.3 Å². The Morgan fingerprint density at radius 3 is 2.75 bits per heavy atom. The van der Waals surface area contributed by atoms with Crippen LogP contribution in [0.25, 0.3) is 10.9 Å². The van der Waals surface area contributed by atoms with E-state index in [2.05, 4.69) is 10.3 Å². The third kappa shape index (κ3) is 2.82. The number of rotatable bonds is 5. The highest BCUT2D eigenvalue weighted by Crippen LogP contribution is 2.15. The molecule has 2 unspecified atom stereocenters. The van der Waals surface area contributed by atoms with Gasteiger partial charge in [-0.05, 0) is 29.5 Å². The van der Waals surface area contributed by atoms with Gasteiger partial charge < -0.3 is 15.4 Å². The maximum atomic E-state index is 12.2. The number of hydrogen-bond donors (Lipinski definition) is 3. The Morgan fingerprint density at radius 1 is 1.35 bits per heavy atom. The molecule has 2 aromatic rings. The molecule has 0 saturated carbocycles. The Labute approximate surface area is 117 Å². The summed E-state index contributed by atoms with van der Waals surface area (Å²) in [6.07, 6.45) is 2.48. The molecule has 1 aromatic carbocycles. The molecule has 2 atom stereocenters. The van der Waals surface area contributed by atoms with Crippen LogP contribution in [0.5, 0.6) is 0 Å². The number of carboxylic acids is 1. The minimum absolute atomic E-state index is 0.120. The molecule has 5 heteroatoms. The number of carboxylic acid groups (broad SMARTS) is 1. The van der Waals surface area contributed by atoms with Gasteiger partial charge >= 0.3 is 5.97 Å². The van der Waals surface area contributed by atoms with Crippen molar-refractivity contribution in [2.75, 3.05) is 0 Å². The first kappa shape index (κ1) is 14.1. The maximum Gasteiger partial charge on any atom is 0.326 e. The van der Waals surface area contributed by atoms with E-state index in [0.29, 0.717) is 12.0 Å². The molecular weight excluding hydrogens is 256 g/mol. The summed E-state index contributed by atoms with van der Waals surface area (Å²) in [4.78, 5) is 26.4. The first-order valence-electron chi connectivity index (χ1n) is 6.63. The fraction of sp³-hybridized carbons (Fsp3) is 0.333.